The molecule has 148 valence electrons. The highest BCUT2D eigenvalue weighted by Crippen LogP contribution is 2.66. The highest BCUT2D eigenvalue weighted by Gasteiger charge is 2.67. The van der Waals surface area contributed by atoms with Gasteiger partial charge in [-0.25, -0.2) is 0 Å². The van der Waals surface area contributed by atoms with E-state index in [1.807, 2.05) is 49.6 Å². The number of hydrogen-bond donors (Lipinski definition) is 1. The first-order chi connectivity index (χ1) is 14.5. The van der Waals surface area contributed by atoms with Gasteiger partial charge in [-0.1, -0.05) is 18.2 Å². The Balaban J connectivity index is 1.55. The normalized spacial score (nSPS) is 22.1. The van der Waals surface area contributed by atoms with Crippen LogP contribution in [0, 0.1) is 0 Å². The van der Waals surface area contributed by atoms with Crippen LogP contribution >= 0.6 is 0 Å². The Bertz CT molecular complexity index is 1400. The van der Waals surface area contributed by atoms with Gasteiger partial charge in [0, 0.05) is 60.9 Å². The fraction of sp³-hybridized carbons (Fsp3) is 0.208. The quantitative estimate of drug-likeness (QED) is 0.565. The third-order valence-electron chi connectivity index (χ3n) is 6.74. The number of amides is 1. The number of benzene rings is 1. The molecule has 1 amide bonds. The third kappa shape index (κ3) is 2.05. The number of pyridine rings is 2. The predicted molar refractivity (Wildman–Crippen MR) is 116 cm³/mol. The van der Waals surface area contributed by atoms with E-state index < -0.39 is 5.41 Å². The van der Waals surface area contributed by atoms with Gasteiger partial charge < -0.3 is 14.5 Å². The van der Waals surface area contributed by atoms with E-state index in [0.717, 1.165) is 39.9 Å². The molecule has 3 aromatic heterocycles. The first-order valence-corrected chi connectivity index (χ1v) is 10.0. The van der Waals surface area contributed by atoms with Crippen molar-refractivity contribution in [3.63, 3.8) is 0 Å². The van der Waals surface area contributed by atoms with E-state index in [1.165, 1.54) is 0 Å². The Kier molecular flexibility index (Phi) is 3.26. The second-order valence-electron chi connectivity index (χ2n) is 8.32. The van der Waals surface area contributed by atoms with Crippen molar-refractivity contribution >= 4 is 22.5 Å². The molecule has 0 unspecified atom stereocenters. The standard InChI is InChI=1S/C24H20N4O2/c1-27-13-16(15-10-19(26-21(15)22(27)29)14-6-5-9-25-12-14)18-11-24(18)17-7-3-4-8-20(17)28(2)23(24)30/h3-10,12-13,18,26H,11H2,1-2H3/t18-,24-/m0/s1. The number of nitrogens with zero attached hydrogens (tertiary/aromatic N) is 3. The Morgan fingerprint density at radius 1 is 1.13 bits per heavy atom. The van der Waals surface area contributed by atoms with Gasteiger partial charge in [-0.15, -0.1) is 0 Å². The van der Waals surface area contributed by atoms with Crippen LogP contribution in [0.3, 0.4) is 0 Å². The average Bonchev–Trinajstić information content (AvgIpc) is 3.30. The minimum atomic E-state index is -0.526. The number of hydrogen-bond acceptors (Lipinski definition) is 3. The Labute approximate surface area is 172 Å². The number of aromatic amines is 1. The lowest BCUT2D eigenvalue weighted by Gasteiger charge is -2.12. The maximum Gasteiger partial charge on any atom is 0.274 e. The molecule has 2 atom stereocenters. The number of rotatable bonds is 2. The molecule has 1 N–H and O–H groups in total. The Hall–Kier alpha value is -3.67. The van der Waals surface area contributed by atoms with Crippen LogP contribution in [0.5, 0.6) is 0 Å². The van der Waals surface area contributed by atoms with Gasteiger partial charge in [-0.05, 0) is 41.8 Å². The van der Waals surface area contributed by atoms with Crippen LogP contribution in [0.1, 0.15) is 23.5 Å². The van der Waals surface area contributed by atoms with E-state index in [2.05, 4.69) is 16.0 Å². The summed E-state index contributed by atoms with van der Waals surface area (Å²) in [4.78, 5) is 35.4. The number of H-pyrrole nitrogens is 1. The van der Waals surface area contributed by atoms with Crippen molar-refractivity contribution in [2.24, 2.45) is 7.05 Å². The molecule has 1 aliphatic carbocycles. The van der Waals surface area contributed by atoms with Crippen LogP contribution in [0.15, 0.2) is 65.8 Å². The fourth-order valence-corrected chi connectivity index (χ4v) is 5.16. The molecule has 1 aromatic carbocycles. The van der Waals surface area contributed by atoms with E-state index >= 15 is 0 Å². The van der Waals surface area contributed by atoms with E-state index in [9.17, 15) is 9.59 Å². The first-order valence-electron chi connectivity index (χ1n) is 10.0. The van der Waals surface area contributed by atoms with Crippen molar-refractivity contribution in [2.45, 2.75) is 17.8 Å². The molecule has 6 heteroatoms. The van der Waals surface area contributed by atoms with E-state index in [0.29, 0.717) is 5.52 Å². The van der Waals surface area contributed by atoms with Crippen LogP contribution in [0.4, 0.5) is 5.69 Å². The number of likely N-dealkylation sites (N-methyl/N-ethyl adjacent to an activating group) is 1. The summed E-state index contributed by atoms with van der Waals surface area (Å²) >= 11 is 0. The zero-order valence-electron chi connectivity index (χ0n) is 16.7. The molecule has 0 saturated heterocycles. The molecule has 2 aliphatic rings. The number of carbonyl (C=O) groups is 1. The SMILES string of the molecule is CN1C(=O)[C@@]2(C[C@H]2c2cn(C)c(=O)c3[nH]c(-c4cccnc4)cc23)c2ccccc21. The van der Waals surface area contributed by atoms with Gasteiger partial charge in [0.1, 0.15) is 5.52 Å². The number of anilines is 1. The highest BCUT2D eigenvalue weighted by molar-refractivity contribution is 6.11. The molecule has 4 heterocycles. The smallest absolute Gasteiger partial charge is 0.274 e. The number of aromatic nitrogens is 3. The molecule has 1 spiro atoms. The van der Waals surface area contributed by atoms with Crippen molar-refractivity contribution in [2.75, 3.05) is 11.9 Å². The molecule has 6 rings (SSSR count). The van der Waals surface area contributed by atoms with Crippen molar-refractivity contribution < 1.29 is 4.79 Å². The van der Waals surface area contributed by atoms with Crippen molar-refractivity contribution in [3.8, 4) is 11.3 Å². The second-order valence-corrected chi connectivity index (χ2v) is 8.32. The van der Waals surface area contributed by atoms with Gasteiger partial charge in [0.05, 0.1) is 5.41 Å². The number of aryl methyl sites for hydroxylation is 1. The minimum Gasteiger partial charge on any atom is -0.350 e. The molecule has 0 bridgehead atoms. The second kappa shape index (κ2) is 5.69. The highest BCUT2D eigenvalue weighted by atomic mass is 16.2. The predicted octanol–water partition coefficient (Wildman–Crippen LogP) is 3.33. The van der Waals surface area contributed by atoms with Gasteiger partial charge in [0.25, 0.3) is 5.56 Å². The van der Waals surface area contributed by atoms with Gasteiger partial charge >= 0.3 is 0 Å². The van der Waals surface area contributed by atoms with Crippen molar-refractivity contribution in [3.05, 3.63) is 82.5 Å². The maximum atomic E-state index is 13.3. The van der Waals surface area contributed by atoms with Crippen LogP contribution in [-0.4, -0.2) is 27.5 Å². The summed E-state index contributed by atoms with van der Waals surface area (Å²) in [5, 5.41) is 0.888. The van der Waals surface area contributed by atoms with Crippen LogP contribution in [0.25, 0.3) is 22.2 Å². The molecule has 1 saturated carbocycles. The molecular formula is C24H20N4O2. The summed E-state index contributed by atoms with van der Waals surface area (Å²) in [6.45, 7) is 0. The number of nitrogens with one attached hydrogen (secondary N) is 1. The average molecular weight is 396 g/mol. The monoisotopic (exact) mass is 396 g/mol. The van der Waals surface area contributed by atoms with E-state index in [4.69, 9.17) is 0 Å². The van der Waals surface area contributed by atoms with Gasteiger partial charge in [-0.2, -0.15) is 0 Å². The molecule has 4 aromatic rings. The molecule has 6 nitrogen and oxygen atoms in total. The number of carbonyl (C=O) groups excluding carboxylic acids is 1. The molecule has 30 heavy (non-hydrogen) atoms. The van der Waals surface area contributed by atoms with Crippen LogP contribution in [0.2, 0.25) is 0 Å². The lowest BCUT2D eigenvalue weighted by molar-refractivity contribution is -0.120. The minimum absolute atomic E-state index is 0.0444. The summed E-state index contributed by atoms with van der Waals surface area (Å²) in [7, 11) is 3.61. The molecular weight excluding hydrogens is 376 g/mol. The zero-order chi connectivity index (χ0) is 20.6. The summed E-state index contributed by atoms with van der Waals surface area (Å²) in [5.74, 6) is 0.182. The topological polar surface area (TPSA) is 71.0 Å². The van der Waals surface area contributed by atoms with Crippen molar-refractivity contribution in [1.29, 1.82) is 0 Å². The van der Waals surface area contributed by atoms with Crippen LogP contribution < -0.4 is 10.5 Å². The van der Waals surface area contributed by atoms with Gasteiger partial charge in [0.15, 0.2) is 0 Å². The van der Waals surface area contributed by atoms with Crippen molar-refractivity contribution in [1.82, 2.24) is 14.5 Å². The lowest BCUT2D eigenvalue weighted by Crippen LogP contribution is -2.29. The third-order valence-corrected chi connectivity index (χ3v) is 6.74. The molecule has 0 radical (unpaired) electrons. The molecule has 1 aliphatic heterocycles. The summed E-state index contributed by atoms with van der Waals surface area (Å²) in [6, 6.07) is 13.9. The Morgan fingerprint density at radius 2 is 1.97 bits per heavy atom. The first kappa shape index (κ1) is 17.2. The summed E-state index contributed by atoms with van der Waals surface area (Å²) in [5.41, 5.74) is 4.86. The largest absolute Gasteiger partial charge is 0.350 e. The van der Waals surface area contributed by atoms with Crippen LogP contribution in [-0.2, 0) is 17.3 Å². The van der Waals surface area contributed by atoms with E-state index in [-0.39, 0.29) is 17.4 Å². The summed E-state index contributed by atoms with van der Waals surface area (Å²) < 4.78 is 1.61. The zero-order valence-corrected chi connectivity index (χ0v) is 16.7. The number of fused-ring (bicyclic) bond motifs is 3. The lowest BCUT2D eigenvalue weighted by atomic mass is 9.91. The Morgan fingerprint density at radius 3 is 2.77 bits per heavy atom. The van der Waals surface area contributed by atoms with Gasteiger partial charge in [-0.3, -0.25) is 14.6 Å². The molecule has 1 fully saturated rings. The maximum absolute atomic E-state index is 13.3. The van der Waals surface area contributed by atoms with Gasteiger partial charge in [0.2, 0.25) is 5.91 Å². The van der Waals surface area contributed by atoms with E-state index in [1.54, 1.807) is 28.9 Å². The fourth-order valence-electron chi connectivity index (χ4n) is 5.16. The summed E-state index contributed by atoms with van der Waals surface area (Å²) in [6.07, 6.45) is 6.16. The number of para-hydroxylation sites is 1.